The van der Waals surface area contributed by atoms with Crippen molar-refractivity contribution >= 4 is 11.6 Å². The summed E-state index contributed by atoms with van der Waals surface area (Å²) in [4.78, 5) is 10.6. The van der Waals surface area contributed by atoms with Gasteiger partial charge in [-0.25, -0.2) is 9.97 Å². The average molecular weight is 252 g/mol. The number of likely N-dealkylation sites (N-methyl/N-ethyl adjacent to an activating group) is 1. The fourth-order valence-corrected chi connectivity index (χ4v) is 1.78. The van der Waals surface area contributed by atoms with Gasteiger partial charge in [0.15, 0.2) is 0 Å². The van der Waals surface area contributed by atoms with Gasteiger partial charge in [-0.3, -0.25) is 0 Å². The fourth-order valence-electron chi connectivity index (χ4n) is 1.78. The van der Waals surface area contributed by atoms with Crippen molar-refractivity contribution in [3.63, 3.8) is 0 Å². The van der Waals surface area contributed by atoms with E-state index in [0.29, 0.717) is 5.92 Å². The summed E-state index contributed by atoms with van der Waals surface area (Å²) in [6.45, 7) is 8.27. The molecular formula is C13H24N4O. The maximum atomic E-state index is 9.48. The average Bonchev–Trinajstić information content (AvgIpc) is 2.36. The molecule has 0 bridgehead atoms. The topological polar surface area (TPSA) is 61.3 Å². The quantitative estimate of drug-likeness (QED) is 0.837. The molecule has 102 valence electrons. The lowest BCUT2D eigenvalue weighted by atomic mass is 10.00. The van der Waals surface area contributed by atoms with Gasteiger partial charge < -0.3 is 15.3 Å². The highest BCUT2D eigenvalue weighted by molar-refractivity contribution is 5.60. The summed E-state index contributed by atoms with van der Waals surface area (Å²) in [7, 11) is 3.80. The second-order valence-corrected chi connectivity index (χ2v) is 5.39. The predicted molar refractivity (Wildman–Crippen MR) is 75.2 cm³/mol. The maximum Gasteiger partial charge on any atom is 0.137 e. The summed E-state index contributed by atoms with van der Waals surface area (Å²) in [6.07, 6.45) is 1.55. The Morgan fingerprint density at radius 1 is 1.39 bits per heavy atom. The van der Waals surface area contributed by atoms with Gasteiger partial charge in [0, 0.05) is 19.7 Å². The van der Waals surface area contributed by atoms with Crippen LogP contribution in [0.1, 0.15) is 39.2 Å². The second-order valence-electron chi connectivity index (χ2n) is 5.39. The highest BCUT2D eigenvalue weighted by Gasteiger charge is 2.27. The molecule has 0 spiro atoms. The number of aliphatic hydroxyl groups is 1. The largest absolute Gasteiger partial charge is 0.394 e. The van der Waals surface area contributed by atoms with Gasteiger partial charge in [-0.15, -0.1) is 0 Å². The number of nitrogens with zero attached hydrogens (tertiary/aromatic N) is 3. The summed E-state index contributed by atoms with van der Waals surface area (Å²) < 4.78 is 0. The van der Waals surface area contributed by atoms with Crippen molar-refractivity contribution in [3.05, 3.63) is 11.9 Å². The number of aliphatic hydroxyl groups excluding tert-OH is 1. The third-order valence-electron chi connectivity index (χ3n) is 3.29. The Kier molecular flexibility index (Phi) is 4.51. The number of aromatic nitrogens is 2. The van der Waals surface area contributed by atoms with Gasteiger partial charge in [0.05, 0.1) is 12.1 Å². The minimum atomic E-state index is -0.358. The molecule has 1 heterocycles. The van der Waals surface area contributed by atoms with E-state index in [9.17, 15) is 5.11 Å². The van der Waals surface area contributed by atoms with Crippen LogP contribution in [0.4, 0.5) is 11.6 Å². The Hall–Kier alpha value is -1.36. The molecule has 0 fully saturated rings. The summed E-state index contributed by atoms with van der Waals surface area (Å²) in [5.41, 5.74) is 0.715. The van der Waals surface area contributed by atoms with Crippen LogP contribution >= 0.6 is 0 Å². The van der Waals surface area contributed by atoms with Crippen LogP contribution in [0, 0.1) is 0 Å². The van der Waals surface area contributed by atoms with Crippen molar-refractivity contribution in [1.29, 1.82) is 0 Å². The molecule has 0 aliphatic heterocycles. The van der Waals surface area contributed by atoms with Gasteiger partial charge in [0.1, 0.15) is 18.0 Å². The monoisotopic (exact) mass is 252 g/mol. The molecule has 1 aromatic heterocycles. The lowest BCUT2D eigenvalue weighted by Gasteiger charge is -2.36. The van der Waals surface area contributed by atoms with Crippen molar-refractivity contribution in [2.45, 2.75) is 39.2 Å². The van der Waals surface area contributed by atoms with Gasteiger partial charge >= 0.3 is 0 Å². The van der Waals surface area contributed by atoms with Crippen molar-refractivity contribution in [3.8, 4) is 0 Å². The first-order valence-electron chi connectivity index (χ1n) is 6.22. The zero-order valence-corrected chi connectivity index (χ0v) is 12.2. The molecule has 0 aromatic carbocycles. The summed E-state index contributed by atoms with van der Waals surface area (Å²) >= 11 is 0. The molecule has 0 unspecified atom stereocenters. The van der Waals surface area contributed by atoms with E-state index in [1.807, 2.05) is 32.8 Å². The van der Waals surface area contributed by atoms with Crippen LogP contribution in [0.5, 0.6) is 0 Å². The first kappa shape index (κ1) is 14.7. The normalized spacial score (nSPS) is 11.8. The van der Waals surface area contributed by atoms with Gasteiger partial charge in [0.25, 0.3) is 0 Å². The summed E-state index contributed by atoms with van der Waals surface area (Å²) in [5.74, 6) is 2.01. The molecule has 1 aromatic rings. The molecule has 0 saturated heterocycles. The molecule has 0 radical (unpaired) electrons. The first-order valence-corrected chi connectivity index (χ1v) is 6.22. The Balaban J connectivity index is 3.32. The zero-order valence-electron chi connectivity index (χ0n) is 12.2. The minimum Gasteiger partial charge on any atom is -0.394 e. The zero-order chi connectivity index (χ0) is 13.9. The van der Waals surface area contributed by atoms with E-state index in [-0.39, 0.29) is 12.1 Å². The van der Waals surface area contributed by atoms with Gasteiger partial charge in [-0.05, 0) is 19.8 Å². The predicted octanol–water partition coefficient (Wildman–Crippen LogP) is 1.85. The van der Waals surface area contributed by atoms with E-state index in [0.717, 1.165) is 17.2 Å². The summed E-state index contributed by atoms with van der Waals surface area (Å²) in [5, 5.41) is 12.6. The van der Waals surface area contributed by atoms with Crippen LogP contribution in [0.25, 0.3) is 0 Å². The standard InChI is InChI=1S/C13H24N4O/c1-9(2)10-11(14-5)15-8-16-12(10)17(6)13(3,4)7-18/h8-9,18H,7H2,1-6H3,(H,14,15,16). The van der Waals surface area contributed by atoms with E-state index < -0.39 is 0 Å². The SMILES string of the molecule is CNc1ncnc(N(C)C(C)(C)CO)c1C(C)C. The molecule has 1 rings (SSSR count). The smallest absolute Gasteiger partial charge is 0.137 e. The third-order valence-corrected chi connectivity index (χ3v) is 3.29. The third kappa shape index (κ3) is 2.72. The minimum absolute atomic E-state index is 0.0694. The van der Waals surface area contributed by atoms with Crippen LogP contribution in [-0.4, -0.2) is 41.3 Å². The Labute approximate surface area is 109 Å². The first-order chi connectivity index (χ1) is 8.35. The van der Waals surface area contributed by atoms with Crippen molar-refractivity contribution < 1.29 is 5.11 Å². The Bertz CT molecular complexity index is 404. The van der Waals surface area contributed by atoms with Crippen molar-refractivity contribution in [2.24, 2.45) is 0 Å². The van der Waals surface area contributed by atoms with E-state index in [2.05, 4.69) is 29.1 Å². The van der Waals surface area contributed by atoms with Gasteiger partial charge in [-0.2, -0.15) is 0 Å². The van der Waals surface area contributed by atoms with Gasteiger partial charge in [0.2, 0.25) is 0 Å². The number of hydrogen-bond acceptors (Lipinski definition) is 5. The number of rotatable bonds is 5. The lowest BCUT2D eigenvalue weighted by molar-refractivity contribution is 0.215. The van der Waals surface area contributed by atoms with E-state index in [1.54, 1.807) is 6.33 Å². The molecule has 0 aliphatic rings. The van der Waals surface area contributed by atoms with E-state index >= 15 is 0 Å². The lowest BCUT2D eigenvalue weighted by Crippen LogP contribution is -2.45. The van der Waals surface area contributed by atoms with Crippen LogP contribution < -0.4 is 10.2 Å². The Morgan fingerprint density at radius 3 is 2.44 bits per heavy atom. The highest BCUT2D eigenvalue weighted by atomic mass is 16.3. The number of anilines is 2. The maximum absolute atomic E-state index is 9.48. The van der Waals surface area contributed by atoms with Crippen molar-refractivity contribution in [1.82, 2.24) is 9.97 Å². The van der Waals surface area contributed by atoms with E-state index in [4.69, 9.17) is 0 Å². The molecule has 0 atom stereocenters. The van der Waals surface area contributed by atoms with Crippen LogP contribution in [0.3, 0.4) is 0 Å². The van der Waals surface area contributed by atoms with Crippen LogP contribution in [0.2, 0.25) is 0 Å². The van der Waals surface area contributed by atoms with Crippen LogP contribution in [0.15, 0.2) is 6.33 Å². The second kappa shape index (κ2) is 5.52. The molecule has 2 N–H and O–H groups in total. The highest BCUT2D eigenvalue weighted by Crippen LogP contribution is 2.32. The van der Waals surface area contributed by atoms with Gasteiger partial charge in [-0.1, -0.05) is 13.8 Å². The molecule has 0 amide bonds. The molecule has 5 nitrogen and oxygen atoms in total. The van der Waals surface area contributed by atoms with E-state index in [1.165, 1.54) is 0 Å². The van der Waals surface area contributed by atoms with Crippen molar-refractivity contribution in [2.75, 3.05) is 30.9 Å². The number of nitrogens with one attached hydrogen (secondary N) is 1. The molecule has 18 heavy (non-hydrogen) atoms. The molecular weight excluding hydrogens is 228 g/mol. The Morgan fingerprint density at radius 2 is 2.00 bits per heavy atom. The molecule has 0 aliphatic carbocycles. The summed E-state index contributed by atoms with van der Waals surface area (Å²) in [6, 6.07) is 0. The molecule has 0 saturated carbocycles. The number of hydrogen-bond donors (Lipinski definition) is 2. The molecule has 5 heteroatoms. The van der Waals surface area contributed by atoms with Crippen LogP contribution in [-0.2, 0) is 0 Å². The fraction of sp³-hybridized carbons (Fsp3) is 0.692.